The maximum Gasteiger partial charge on any atom is 0.142 e. The van der Waals surface area contributed by atoms with Crippen molar-refractivity contribution in [1.82, 2.24) is 9.55 Å². The third-order valence-electron chi connectivity index (χ3n) is 3.36. The molecule has 0 aliphatic rings. The van der Waals surface area contributed by atoms with E-state index in [1.807, 2.05) is 36.4 Å². The van der Waals surface area contributed by atoms with Crippen LogP contribution >= 0.6 is 34.2 Å². The zero-order chi connectivity index (χ0) is 15.0. The summed E-state index contributed by atoms with van der Waals surface area (Å²) in [5.41, 5.74) is 3.50. The fraction of sp³-hybridized carbons (Fsp3) is 0.125. The number of nitriles is 1. The number of imidazole rings is 1. The van der Waals surface area contributed by atoms with E-state index >= 15 is 0 Å². The van der Waals surface area contributed by atoms with Crippen LogP contribution in [0.15, 0.2) is 36.4 Å². The van der Waals surface area contributed by atoms with Gasteiger partial charge < -0.3 is 4.57 Å². The lowest BCUT2D eigenvalue weighted by Crippen LogP contribution is -1.98. The summed E-state index contributed by atoms with van der Waals surface area (Å²) in [4.78, 5) is 4.71. The predicted octanol–water partition coefficient (Wildman–Crippen LogP) is 4.85. The molecule has 2 aromatic carbocycles. The molecule has 0 N–H and O–H groups in total. The highest BCUT2D eigenvalue weighted by molar-refractivity contribution is 14.1. The van der Waals surface area contributed by atoms with Crippen molar-refractivity contribution in [1.29, 1.82) is 5.26 Å². The predicted molar refractivity (Wildman–Crippen MR) is 93.3 cm³/mol. The molecule has 0 fully saturated rings. The van der Waals surface area contributed by atoms with Gasteiger partial charge in [-0.25, -0.2) is 4.98 Å². The molecule has 5 heteroatoms. The average molecular weight is 408 g/mol. The summed E-state index contributed by atoms with van der Waals surface area (Å²) in [6, 6.07) is 13.5. The topological polar surface area (TPSA) is 41.6 Å². The van der Waals surface area contributed by atoms with E-state index in [1.54, 1.807) is 0 Å². The third kappa shape index (κ3) is 2.52. The highest BCUT2D eigenvalue weighted by atomic mass is 127. The van der Waals surface area contributed by atoms with Crippen LogP contribution in [-0.4, -0.2) is 9.55 Å². The first-order chi connectivity index (χ1) is 10.1. The number of hydrogen-bond acceptors (Lipinski definition) is 2. The molecule has 1 heterocycles. The van der Waals surface area contributed by atoms with Crippen molar-refractivity contribution in [3.63, 3.8) is 0 Å². The van der Waals surface area contributed by atoms with E-state index in [9.17, 15) is 0 Å². The number of aromatic nitrogens is 2. The number of aryl methyl sites for hydroxylation is 1. The summed E-state index contributed by atoms with van der Waals surface area (Å²) >= 11 is 8.41. The van der Waals surface area contributed by atoms with Crippen LogP contribution < -0.4 is 0 Å². The minimum Gasteiger partial charge on any atom is -0.324 e. The van der Waals surface area contributed by atoms with E-state index < -0.39 is 0 Å². The lowest BCUT2D eigenvalue weighted by Gasteiger charge is -2.08. The van der Waals surface area contributed by atoms with E-state index in [0.29, 0.717) is 10.6 Å². The molecule has 0 aliphatic carbocycles. The molecule has 0 amide bonds. The van der Waals surface area contributed by atoms with Crippen LogP contribution in [0.2, 0.25) is 5.02 Å². The largest absolute Gasteiger partial charge is 0.324 e. The molecule has 3 aromatic rings. The minimum absolute atomic E-state index is 0.621. The molecule has 0 saturated carbocycles. The second-order valence-corrected chi connectivity index (χ2v) is 6.22. The molecule has 0 aliphatic heterocycles. The Kier molecular flexibility index (Phi) is 3.87. The van der Waals surface area contributed by atoms with E-state index in [4.69, 9.17) is 21.8 Å². The van der Waals surface area contributed by atoms with Crippen LogP contribution in [0.3, 0.4) is 0 Å². The van der Waals surface area contributed by atoms with Crippen LogP contribution in [0, 0.1) is 14.9 Å². The smallest absolute Gasteiger partial charge is 0.142 e. The Bertz CT molecular complexity index is 877. The summed E-state index contributed by atoms with van der Waals surface area (Å²) in [7, 11) is 0. The molecule has 0 spiro atoms. The Balaban J connectivity index is 2.32. The minimum atomic E-state index is 0.621. The van der Waals surface area contributed by atoms with Crippen molar-refractivity contribution >= 4 is 45.2 Å². The van der Waals surface area contributed by atoms with Gasteiger partial charge in [0.2, 0.25) is 0 Å². The van der Waals surface area contributed by atoms with Gasteiger partial charge in [-0.15, -0.1) is 0 Å². The van der Waals surface area contributed by atoms with Crippen molar-refractivity contribution < 1.29 is 0 Å². The molecular weight excluding hydrogens is 397 g/mol. The first-order valence-corrected chi connectivity index (χ1v) is 7.95. The first kappa shape index (κ1) is 14.4. The van der Waals surface area contributed by atoms with E-state index in [1.165, 1.54) is 0 Å². The van der Waals surface area contributed by atoms with Crippen LogP contribution in [0.1, 0.15) is 12.5 Å². The van der Waals surface area contributed by atoms with Crippen LogP contribution in [-0.2, 0) is 6.54 Å². The quantitative estimate of drug-likeness (QED) is 0.570. The average Bonchev–Trinajstić information content (AvgIpc) is 2.86. The maximum absolute atomic E-state index is 9.02. The molecule has 0 radical (unpaired) electrons. The normalized spacial score (nSPS) is 10.8. The van der Waals surface area contributed by atoms with Gasteiger partial charge in [-0.3, -0.25) is 0 Å². The first-order valence-electron chi connectivity index (χ1n) is 6.50. The van der Waals surface area contributed by atoms with Gasteiger partial charge in [-0.05, 0) is 65.9 Å². The van der Waals surface area contributed by atoms with Crippen molar-refractivity contribution in [2.24, 2.45) is 0 Å². The Hall–Kier alpha value is -1.58. The van der Waals surface area contributed by atoms with Crippen molar-refractivity contribution in [2.75, 3.05) is 0 Å². The number of nitrogens with zero attached hydrogens (tertiary/aromatic N) is 3. The second-order valence-electron chi connectivity index (χ2n) is 4.62. The molecular formula is C16H11ClIN3. The zero-order valence-corrected chi connectivity index (χ0v) is 14.2. The highest BCUT2D eigenvalue weighted by Gasteiger charge is 2.14. The van der Waals surface area contributed by atoms with Gasteiger partial charge in [-0.2, -0.15) is 5.26 Å². The monoisotopic (exact) mass is 407 g/mol. The van der Waals surface area contributed by atoms with Gasteiger partial charge in [0.15, 0.2) is 0 Å². The number of fused-ring (bicyclic) bond motifs is 1. The number of hydrogen-bond donors (Lipinski definition) is 0. The van der Waals surface area contributed by atoms with Crippen LogP contribution in [0.4, 0.5) is 0 Å². The molecule has 0 unspecified atom stereocenters. The van der Waals surface area contributed by atoms with E-state index in [-0.39, 0.29) is 0 Å². The summed E-state index contributed by atoms with van der Waals surface area (Å²) in [6.45, 7) is 2.89. The Labute approximate surface area is 141 Å². The number of halogens is 2. The Morgan fingerprint density at radius 1 is 1.29 bits per heavy atom. The third-order valence-corrected chi connectivity index (χ3v) is 4.54. The lowest BCUT2D eigenvalue weighted by atomic mass is 10.2. The molecule has 1 aromatic heterocycles. The van der Waals surface area contributed by atoms with Gasteiger partial charge in [0.1, 0.15) is 5.82 Å². The number of benzene rings is 2. The fourth-order valence-corrected chi connectivity index (χ4v) is 3.14. The molecule has 104 valence electrons. The molecule has 3 rings (SSSR count). The Morgan fingerprint density at radius 3 is 2.81 bits per heavy atom. The molecule has 0 atom stereocenters. The van der Waals surface area contributed by atoms with Gasteiger partial charge in [0.25, 0.3) is 0 Å². The Morgan fingerprint density at radius 2 is 2.10 bits per heavy atom. The fourth-order valence-electron chi connectivity index (χ4n) is 2.39. The lowest BCUT2D eigenvalue weighted by molar-refractivity contribution is 0.796. The zero-order valence-electron chi connectivity index (χ0n) is 11.3. The van der Waals surface area contributed by atoms with E-state index in [2.05, 4.69) is 40.2 Å². The van der Waals surface area contributed by atoms with Crippen molar-refractivity contribution in [3.05, 3.63) is 50.6 Å². The van der Waals surface area contributed by atoms with Gasteiger partial charge in [0.05, 0.1) is 22.7 Å². The summed E-state index contributed by atoms with van der Waals surface area (Å²) in [5.74, 6) is 0.884. The second kappa shape index (κ2) is 5.66. The van der Waals surface area contributed by atoms with Crippen molar-refractivity contribution in [2.45, 2.75) is 13.5 Å². The summed E-state index contributed by atoms with van der Waals surface area (Å²) in [5, 5.41) is 9.72. The molecule has 0 saturated heterocycles. The van der Waals surface area contributed by atoms with E-state index in [0.717, 1.165) is 32.5 Å². The van der Waals surface area contributed by atoms with Gasteiger partial charge in [-0.1, -0.05) is 11.6 Å². The SMILES string of the molecule is CCn1c(-c2cc(Cl)ccc2I)nc2cc(C#N)ccc21. The molecule has 0 bridgehead atoms. The summed E-state index contributed by atoms with van der Waals surface area (Å²) in [6.07, 6.45) is 0. The van der Waals surface area contributed by atoms with Crippen LogP contribution in [0.25, 0.3) is 22.4 Å². The molecule has 21 heavy (non-hydrogen) atoms. The number of rotatable bonds is 2. The molecule has 3 nitrogen and oxygen atoms in total. The van der Waals surface area contributed by atoms with Gasteiger partial charge in [0, 0.05) is 20.7 Å². The summed E-state index contributed by atoms with van der Waals surface area (Å²) < 4.78 is 3.24. The van der Waals surface area contributed by atoms with Crippen molar-refractivity contribution in [3.8, 4) is 17.5 Å². The van der Waals surface area contributed by atoms with Gasteiger partial charge >= 0.3 is 0 Å². The standard InChI is InChI=1S/C16H11ClIN3/c1-2-21-15-6-3-10(9-19)7-14(15)20-16(21)12-8-11(17)4-5-13(12)18/h3-8H,2H2,1H3. The maximum atomic E-state index is 9.02. The van der Waals surface area contributed by atoms with Crippen LogP contribution in [0.5, 0.6) is 0 Å². The highest BCUT2D eigenvalue weighted by Crippen LogP contribution is 2.30.